The Hall–Kier alpha value is -2.34. The minimum Gasteiger partial charge on any atom is -0.357 e. The topological polar surface area (TPSA) is 68.3 Å². The molecule has 2 aromatic rings. The highest BCUT2D eigenvalue weighted by Gasteiger charge is 2.17. The molecule has 0 aliphatic heterocycles. The summed E-state index contributed by atoms with van der Waals surface area (Å²) in [7, 11) is 0. The van der Waals surface area contributed by atoms with Gasteiger partial charge in [0.15, 0.2) is 5.96 Å². The van der Waals surface area contributed by atoms with Crippen LogP contribution in [0.25, 0.3) is 0 Å². The molecular formula is C22H36N6. The van der Waals surface area contributed by atoms with Crippen molar-refractivity contribution in [2.75, 3.05) is 32.7 Å². The summed E-state index contributed by atoms with van der Waals surface area (Å²) in [5.41, 5.74) is 3.76. The largest absolute Gasteiger partial charge is 0.357 e. The van der Waals surface area contributed by atoms with E-state index in [0.717, 1.165) is 57.2 Å². The molecule has 1 aromatic heterocycles. The summed E-state index contributed by atoms with van der Waals surface area (Å²) < 4.78 is 0. The summed E-state index contributed by atoms with van der Waals surface area (Å²) in [5, 5.41) is 13.9. The number of aromatic nitrogens is 2. The molecule has 6 nitrogen and oxygen atoms in total. The molecule has 1 heterocycles. The molecule has 1 atom stereocenters. The van der Waals surface area contributed by atoms with Gasteiger partial charge in [0.25, 0.3) is 0 Å². The summed E-state index contributed by atoms with van der Waals surface area (Å²) in [6, 6.07) is 11.0. The van der Waals surface area contributed by atoms with Gasteiger partial charge in [-0.2, -0.15) is 5.10 Å². The number of H-pyrrole nitrogens is 1. The molecular weight excluding hydrogens is 348 g/mol. The predicted octanol–water partition coefficient (Wildman–Crippen LogP) is 3.29. The van der Waals surface area contributed by atoms with Gasteiger partial charge in [-0.15, -0.1) is 0 Å². The van der Waals surface area contributed by atoms with Crippen LogP contribution in [0, 0.1) is 6.92 Å². The van der Waals surface area contributed by atoms with E-state index < -0.39 is 0 Å². The first-order valence-corrected chi connectivity index (χ1v) is 10.5. The molecule has 28 heavy (non-hydrogen) atoms. The van der Waals surface area contributed by atoms with Crippen molar-refractivity contribution < 1.29 is 0 Å². The van der Waals surface area contributed by atoms with Gasteiger partial charge in [-0.25, -0.2) is 0 Å². The van der Waals surface area contributed by atoms with Crippen molar-refractivity contribution in [3.63, 3.8) is 0 Å². The van der Waals surface area contributed by atoms with Crippen LogP contribution in [0.5, 0.6) is 0 Å². The summed E-state index contributed by atoms with van der Waals surface area (Å²) >= 11 is 0. The minimum atomic E-state index is 0.292. The quantitative estimate of drug-likeness (QED) is 0.316. The number of hydrogen-bond acceptors (Lipinski definition) is 3. The van der Waals surface area contributed by atoms with Crippen LogP contribution in [0.4, 0.5) is 0 Å². The van der Waals surface area contributed by atoms with E-state index in [-0.39, 0.29) is 0 Å². The van der Waals surface area contributed by atoms with Crippen molar-refractivity contribution in [1.29, 1.82) is 0 Å². The molecule has 154 valence electrons. The highest BCUT2D eigenvalue weighted by molar-refractivity contribution is 5.79. The minimum absolute atomic E-state index is 0.292. The van der Waals surface area contributed by atoms with Crippen molar-refractivity contribution in [2.45, 2.75) is 46.6 Å². The fraction of sp³-hybridized carbons (Fsp3) is 0.545. The molecule has 0 aliphatic rings. The lowest BCUT2D eigenvalue weighted by atomic mass is 10.1. The summed E-state index contributed by atoms with van der Waals surface area (Å²) in [6.45, 7) is 13.1. The standard InChI is InChI=1S/C22H36N6/c1-5-23-22(24-15-11-14-20-16-26-27-18(20)4)25-17-21(28(6-2)7-3)19-12-9-8-10-13-19/h8-10,12-13,16,21H,5-7,11,14-15,17H2,1-4H3,(H,26,27)(H2,23,24,25). The number of benzene rings is 1. The number of aromatic amines is 1. The average Bonchev–Trinajstić information content (AvgIpc) is 3.13. The number of aliphatic imine (C=N–C) groups is 1. The van der Waals surface area contributed by atoms with E-state index >= 15 is 0 Å². The molecule has 0 aliphatic carbocycles. The maximum Gasteiger partial charge on any atom is 0.191 e. The lowest BCUT2D eigenvalue weighted by Crippen LogP contribution is -2.39. The lowest BCUT2D eigenvalue weighted by molar-refractivity contribution is 0.224. The SMILES string of the molecule is CCNC(=NCC(c1ccccc1)N(CC)CC)NCCCc1cn[nH]c1C. The predicted molar refractivity (Wildman–Crippen MR) is 118 cm³/mol. The molecule has 2 rings (SSSR count). The Balaban J connectivity index is 1.96. The van der Waals surface area contributed by atoms with Gasteiger partial charge >= 0.3 is 0 Å². The summed E-state index contributed by atoms with van der Waals surface area (Å²) in [5.74, 6) is 0.888. The third-order valence-corrected chi connectivity index (χ3v) is 5.05. The zero-order valence-electron chi connectivity index (χ0n) is 17.8. The van der Waals surface area contributed by atoms with Crippen molar-refractivity contribution in [1.82, 2.24) is 25.7 Å². The first kappa shape index (κ1) is 22.0. The Labute approximate surface area is 169 Å². The van der Waals surface area contributed by atoms with Crippen LogP contribution in [0.1, 0.15) is 50.1 Å². The van der Waals surface area contributed by atoms with Gasteiger partial charge in [-0.05, 0) is 50.9 Å². The number of guanidine groups is 1. The monoisotopic (exact) mass is 384 g/mol. The van der Waals surface area contributed by atoms with Crippen LogP contribution < -0.4 is 10.6 Å². The fourth-order valence-electron chi connectivity index (χ4n) is 3.40. The van der Waals surface area contributed by atoms with Gasteiger partial charge in [0, 0.05) is 18.8 Å². The number of hydrogen-bond donors (Lipinski definition) is 3. The highest BCUT2D eigenvalue weighted by Crippen LogP contribution is 2.20. The third-order valence-electron chi connectivity index (χ3n) is 5.05. The number of aryl methyl sites for hydroxylation is 2. The van der Waals surface area contributed by atoms with Gasteiger partial charge in [0.1, 0.15) is 0 Å². The third kappa shape index (κ3) is 6.68. The Kier molecular flexibility index (Phi) is 9.55. The highest BCUT2D eigenvalue weighted by atomic mass is 15.2. The Morgan fingerprint density at radius 3 is 2.50 bits per heavy atom. The van der Waals surface area contributed by atoms with Gasteiger partial charge < -0.3 is 10.6 Å². The smallest absolute Gasteiger partial charge is 0.191 e. The van der Waals surface area contributed by atoms with E-state index in [9.17, 15) is 0 Å². The molecule has 1 unspecified atom stereocenters. The summed E-state index contributed by atoms with van der Waals surface area (Å²) in [4.78, 5) is 7.36. The van der Waals surface area contributed by atoms with Crippen LogP contribution in [-0.2, 0) is 6.42 Å². The van der Waals surface area contributed by atoms with Crippen LogP contribution in [-0.4, -0.2) is 53.8 Å². The number of nitrogens with zero attached hydrogens (tertiary/aromatic N) is 3. The van der Waals surface area contributed by atoms with Gasteiger partial charge in [0.2, 0.25) is 0 Å². The molecule has 0 fully saturated rings. The molecule has 0 radical (unpaired) electrons. The number of likely N-dealkylation sites (N-methyl/N-ethyl adjacent to an activating group) is 1. The van der Waals surface area contributed by atoms with E-state index in [0.29, 0.717) is 6.04 Å². The Morgan fingerprint density at radius 1 is 1.14 bits per heavy atom. The van der Waals surface area contributed by atoms with Gasteiger partial charge in [0.05, 0.1) is 18.8 Å². The first-order valence-electron chi connectivity index (χ1n) is 10.5. The van der Waals surface area contributed by atoms with E-state index in [1.54, 1.807) is 0 Å². The second kappa shape index (κ2) is 12.2. The fourth-order valence-corrected chi connectivity index (χ4v) is 3.40. The Bertz CT molecular complexity index is 690. The average molecular weight is 385 g/mol. The molecule has 0 amide bonds. The maximum atomic E-state index is 4.89. The zero-order valence-corrected chi connectivity index (χ0v) is 17.8. The summed E-state index contributed by atoms with van der Waals surface area (Å²) in [6.07, 6.45) is 3.98. The normalized spacial score (nSPS) is 13.0. The first-order chi connectivity index (χ1) is 13.7. The van der Waals surface area contributed by atoms with Crippen molar-refractivity contribution in [3.8, 4) is 0 Å². The second-order valence-electron chi connectivity index (χ2n) is 6.92. The molecule has 0 spiro atoms. The zero-order chi connectivity index (χ0) is 20.2. The molecule has 0 bridgehead atoms. The molecule has 3 N–H and O–H groups in total. The van der Waals surface area contributed by atoms with Crippen molar-refractivity contribution in [3.05, 3.63) is 53.3 Å². The van der Waals surface area contributed by atoms with E-state index in [2.05, 4.69) is 83.8 Å². The molecule has 6 heteroatoms. The second-order valence-corrected chi connectivity index (χ2v) is 6.92. The molecule has 0 saturated heterocycles. The maximum absolute atomic E-state index is 4.89. The van der Waals surface area contributed by atoms with E-state index in [4.69, 9.17) is 4.99 Å². The van der Waals surface area contributed by atoms with Crippen molar-refractivity contribution in [2.24, 2.45) is 4.99 Å². The number of rotatable bonds is 11. The van der Waals surface area contributed by atoms with Crippen LogP contribution in [0.15, 0.2) is 41.5 Å². The molecule has 1 aromatic carbocycles. The molecule has 0 saturated carbocycles. The van der Waals surface area contributed by atoms with Crippen LogP contribution in [0.3, 0.4) is 0 Å². The van der Waals surface area contributed by atoms with Gasteiger partial charge in [-0.3, -0.25) is 15.0 Å². The lowest BCUT2D eigenvalue weighted by Gasteiger charge is -2.29. The van der Waals surface area contributed by atoms with Gasteiger partial charge in [-0.1, -0.05) is 44.2 Å². The van der Waals surface area contributed by atoms with Crippen LogP contribution in [0.2, 0.25) is 0 Å². The van der Waals surface area contributed by atoms with Crippen molar-refractivity contribution >= 4 is 5.96 Å². The van der Waals surface area contributed by atoms with Crippen LogP contribution >= 0.6 is 0 Å². The van der Waals surface area contributed by atoms with E-state index in [1.807, 2.05) is 6.20 Å². The Morgan fingerprint density at radius 2 is 1.89 bits per heavy atom. The van der Waals surface area contributed by atoms with E-state index in [1.165, 1.54) is 11.1 Å². The number of nitrogens with one attached hydrogen (secondary N) is 3.